The number of unbranched alkanes of at least 4 members (excludes halogenated alkanes) is 2. The molecule has 0 radical (unpaired) electrons. The maximum atomic E-state index is 5.86. The third kappa shape index (κ3) is 2.21. The first-order valence-electron chi connectivity index (χ1n) is 7.76. The van der Waals surface area contributed by atoms with E-state index in [0.29, 0.717) is 12.1 Å². The molecule has 0 bridgehead atoms. The number of hydrogen-bond donors (Lipinski definition) is 0. The molecule has 0 saturated carbocycles. The van der Waals surface area contributed by atoms with E-state index in [1.165, 1.54) is 38.5 Å². The molecule has 0 aliphatic carbocycles. The van der Waals surface area contributed by atoms with Crippen molar-refractivity contribution in [3.63, 3.8) is 0 Å². The molecule has 3 rings (SSSR count). The SMILES string of the molecule is CCCC[C@H]1COc2c3[n+](cn21)[C@@H](CCCC)CO3. The Balaban J connectivity index is 1.76. The molecule has 0 saturated heterocycles. The molecular formula is C15H25N2O2+. The van der Waals surface area contributed by atoms with Gasteiger partial charge in [-0.15, -0.1) is 0 Å². The van der Waals surface area contributed by atoms with E-state index in [4.69, 9.17) is 9.47 Å². The number of fused-ring (bicyclic) bond motifs is 3. The van der Waals surface area contributed by atoms with Crippen molar-refractivity contribution in [2.24, 2.45) is 0 Å². The van der Waals surface area contributed by atoms with Crippen LogP contribution in [0.1, 0.15) is 64.5 Å². The van der Waals surface area contributed by atoms with E-state index < -0.39 is 0 Å². The molecule has 2 atom stereocenters. The molecule has 1 aromatic rings. The minimum atomic E-state index is 0.503. The summed E-state index contributed by atoms with van der Waals surface area (Å²) in [6.45, 7) is 6.11. The van der Waals surface area contributed by atoms with E-state index in [2.05, 4.69) is 29.3 Å². The summed E-state index contributed by atoms with van der Waals surface area (Å²) < 4.78 is 16.3. The van der Waals surface area contributed by atoms with Crippen molar-refractivity contribution < 1.29 is 14.0 Å². The molecule has 1 aromatic heterocycles. The summed E-state index contributed by atoms with van der Waals surface area (Å²) in [6.07, 6.45) is 9.66. The summed E-state index contributed by atoms with van der Waals surface area (Å²) in [4.78, 5) is 0. The highest BCUT2D eigenvalue weighted by Gasteiger charge is 2.42. The molecule has 19 heavy (non-hydrogen) atoms. The normalized spacial score (nSPS) is 23.9. The van der Waals surface area contributed by atoms with Crippen LogP contribution in [0, 0.1) is 0 Å². The second-order valence-electron chi connectivity index (χ2n) is 5.75. The molecule has 3 heterocycles. The maximum Gasteiger partial charge on any atom is 0.373 e. The highest BCUT2D eigenvalue weighted by atomic mass is 16.5. The number of nitrogens with zero attached hydrogens (tertiary/aromatic N) is 2. The minimum absolute atomic E-state index is 0.503. The van der Waals surface area contributed by atoms with Crippen LogP contribution in [0.5, 0.6) is 11.8 Å². The van der Waals surface area contributed by atoms with Gasteiger partial charge in [-0.25, -0.2) is 0 Å². The molecule has 0 amide bonds. The van der Waals surface area contributed by atoms with Gasteiger partial charge in [-0.2, -0.15) is 9.13 Å². The Morgan fingerprint density at radius 3 is 2.74 bits per heavy atom. The summed E-state index contributed by atoms with van der Waals surface area (Å²) in [5.41, 5.74) is 0. The topological polar surface area (TPSA) is 27.3 Å². The van der Waals surface area contributed by atoms with Crippen LogP contribution in [0.2, 0.25) is 0 Å². The molecule has 0 fully saturated rings. The quantitative estimate of drug-likeness (QED) is 0.739. The van der Waals surface area contributed by atoms with Gasteiger partial charge >= 0.3 is 11.8 Å². The largest absolute Gasteiger partial charge is 0.452 e. The van der Waals surface area contributed by atoms with Gasteiger partial charge in [-0.1, -0.05) is 26.7 Å². The average molecular weight is 265 g/mol. The number of hydrogen-bond acceptors (Lipinski definition) is 2. The standard InChI is InChI=1S/C15H25N2O2/c1-3-5-7-12-9-18-14-15-17(11-16(12)14)13(10-19-15)8-6-4-2/h11-13H,3-10H2,1-2H3/q+1/t12-,13-/m0/s1. The van der Waals surface area contributed by atoms with Gasteiger partial charge in [-0.3, -0.25) is 0 Å². The molecule has 0 aromatic carbocycles. The highest BCUT2D eigenvalue weighted by Crippen LogP contribution is 2.39. The second-order valence-corrected chi connectivity index (χ2v) is 5.75. The predicted octanol–water partition coefficient (Wildman–Crippen LogP) is 3.02. The molecule has 2 aliphatic rings. The Morgan fingerprint density at radius 2 is 1.95 bits per heavy atom. The average Bonchev–Trinajstić information content (AvgIpc) is 3.06. The second kappa shape index (κ2) is 5.43. The Morgan fingerprint density at radius 1 is 1.16 bits per heavy atom. The number of aromatic nitrogens is 2. The lowest BCUT2D eigenvalue weighted by atomic mass is 10.1. The zero-order valence-corrected chi connectivity index (χ0v) is 12.1. The molecule has 0 N–H and O–H groups in total. The Labute approximate surface area is 115 Å². The first kappa shape index (κ1) is 12.8. The van der Waals surface area contributed by atoms with Crippen LogP contribution in [0.3, 0.4) is 0 Å². The van der Waals surface area contributed by atoms with Crippen molar-refractivity contribution in [2.75, 3.05) is 13.2 Å². The number of rotatable bonds is 6. The summed E-state index contributed by atoms with van der Waals surface area (Å²) >= 11 is 0. The van der Waals surface area contributed by atoms with Crippen molar-refractivity contribution in [1.82, 2.24) is 4.57 Å². The van der Waals surface area contributed by atoms with Crippen molar-refractivity contribution in [3.8, 4) is 11.8 Å². The van der Waals surface area contributed by atoms with Crippen LogP contribution in [-0.2, 0) is 0 Å². The lowest BCUT2D eigenvalue weighted by Gasteiger charge is -2.06. The lowest BCUT2D eigenvalue weighted by Crippen LogP contribution is -2.35. The molecule has 4 nitrogen and oxygen atoms in total. The van der Waals surface area contributed by atoms with Gasteiger partial charge in [0.05, 0.1) is 0 Å². The van der Waals surface area contributed by atoms with E-state index in [9.17, 15) is 0 Å². The Hall–Kier alpha value is -1.19. The minimum Gasteiger partial charge on any atom is -0.452 e. The fourth-order valence-electron chi connectivity index (χ4n) is 3.09. The molecule has 0 spiro atoms. The zero-order chi connectivity index (χ0) is 13.2. The number of imidazole rings is 1. The molecule has 106 valence electrons. The molecule has 4 heteroatoms. The van der Waals surface area contributed by atoms with Gasteiger partial charge in [0, 0.05) is 0 Å². The summed E-state index contributed by atoms with van der Waals surface area (Å²) in [6, 6.07) is 1.01. The van der Waals surface area contributed by atoms with Gasteiger partial charge < -0.3 is 9.47 Å². The van der Waals surface area contributed by atoms with Gasteiger partial charge in [-0.05, 0) is 25.7 Å². The van der Waals surface area contributed by atoms with Crippen LogP contribution < -0.4 is 14.0 Å². The van der Waals surface area contributed by atoms with Gasteiger partial charge in [0.1, 0.15) is 25.3 Å². The van der Waals surface area contributed by atoms with Crippen molar-refractivity contribution in [3.05, 3.63) is 6.33 Å². The van der Waals surface area contributed by atoms with Crippen molar-refractivity contribution >= 4 is 0 Å². The number of ether oxygens (including phenoxy) is 2. The first-order valence-corrected chi connectivity index (χ1v) is 7.76. The molecule has 2 aliphatic heterocycles. The van der Waals surface area contributed by atoms with Gasteiger partial charge in [0.15, 0.2) is 0 Å². The van der Waals surface area contributed by atoms with Crippen molar-refractivity contribution in [2.45, 2.75) is 64.5 Å². The van der Waals surface area contributed by atoms with Crippen LogP contribution in [0.4, 0.5) is 0 Å². The fraction of sp³-hybridized carbons (Fsp3) is 0.800. The van der Waals surface area contributed by atoms with Crippen LogP contribution in [0.25, 0.3) is 0 Å². The molecular weight excluding hydrogens is 240 g/mol. The highest BCUT2D eigenvalue weighted by molar-refractivity contribution is 5.26. The van der Waals surface area contributed by atoms with E-state index >= 15 is 0 Å². The fourth-order valence-corrected chi connectivity index (χ4v) is 3.09. The van der Waals surface area contributed by atoms with E-state index in [0.717, 1.165) is 25.0 Å². The first-order chi connectivity index (χ1) is 9.35. The van der Waals surface area contributed by atoms with Crippen LogP contribution in [0.15, 0.2) is 6.33 Å². The monoisotopic (exact) mass is 265 g/mol. The lowest BCUT2D eigenvalue weighted by molar-refractivity contribution is -0.706. The third-order valence-corrected chi connectivity index (χ3v) is 4.29. The molecule has 0 unspecified atom stereocenters. The van der Waals surface area contributed by atoms with E-state index in [1.54, 1.807) is 0 Å². The van der Waals surface area contributed by atoms with Gasteiger partial charge in [0.2, 0.25) is 0 Å². The van der Waals surface area contributed by atoms with Crippen LogP contribution >= 0.6 is 0 Å². The Bertz CT molecular complexity index is 403. The van der Waals surface area contributed by atoms with Gasteiger partial charge in [0.25, 0.3) is 6.33 Å². The van der Waals surface area contributed by atoms with E-state index in [-0.39, 0.29) is 0 Å². The summed E-state index contributed by atoms with van der Waals surface area (Å²) in [5, 5.41) is 0. The summed E-state index contributed by atoms with van der Waals surface area (Å²) in [7, 11) is 0. The predicted molar refractivity (Wildman–Crippen MR) is 72.7 cm³/mol. The Kier molecular flexibility index (Phi) is 3.67. The summed E-state index contributed by atoms with van der Waals surface area (Å²) in [5.74, 6) is 1.92. The smallest absolute Gasteiger partial charge is 0.373 e. The third-order valence-electron chi connectivity index (χ3n) is 4.29. The maximum absolute atomic E-state index is 5.86. The zero-order valence-electron chi connectivity index (χ0n) is 12.1. The van der Waals surface area contributed by atoms with E-state index in [1.807, 2.05) is 0 Å². The van der Waals surface area contributed by atoms with Crippen LogP contribution in [-0.4, -0.2) is 17.8 Å². The van der Waals surface area contributed by atoms with Crippen molar-refractivity contribution in [1.29, 1.82) is 0 Å².